The average molecular weight is 464 g/mol. The predicted octanol–water partition coefficient (Wildman–Crippen LogP) is 4.98. The highest BCUT2D eigenvalue weighted by Crippen LogP contribution is 2.31. The molecule has 0 bridgehead atoms. The van der Waals surface area contributed by atoms with Crippen LogP contribution in [0.1, 0.15) is 32.5 Å². The maximum atomic E-state index is 4.89. The lowest BCUT2D eigenvalue weighted by molar-refractivity contribution is 0.532. The van der Waals surface area contributed by atoms with Gasteiger partial charge in [0, 0.05) is 53.3 Å². The van der Waals surface area contributed by atoms with Gasteiger partial charge in [0.15, 0.2) is 11.3 Å². The van der Waals surface area contributed by atoms with Gasteiger partial charge in [-0.15, -0.1) is 0 Å². The highest BCUT2D eigenvalue weighted by atomic mass is 15.3. The first kappa shape index (κ1) is 21.2. The van der Waals surface area contributed by atoms with E-state index in [1.165, 1.54) is 0 Å². The van der Waals surface area contributed by atoms with Crippen molar-refractivity contribution in [3.05, 3.63) is 67.3 Å². The number of nitrogens with zero attached hydrogens (tertiary/aromatic N) is 9. The number of rotatable bonds is 5. The van der Waals surface area contributed by atoms with Gasteiger partial charge in [0.05, 0.1) is 35.8 Å². The topological polar surface area (TPSA) is 91.6 Å². The third kappa shape index (κ3) is 3.56. The molecule has 0 aliphatic heterocycles. The fourth-order valence-corrected chi connectivity index (χ4v) is 4.30. The Hall–Kier alpha value is -4.40. The summed E-state index contributed by atoms with van der Waals surface area (Å²) in [5, 5.41) is 10.3. The van der Waals surface area contributed by atoms with Crippen LogP contribution < -0.4 is 0 Å². The maximum absolute atomic E-state index is 4.89. The largest absolute Gasteiger partial charge is 0.337 e. The van der Waals surface area contributed by atoms with E-state index in [0.29, 0.717) is 11.7 Å². The molecular formula is C26H25N9. The van der Waals surface area contributed by atoms with Crippen molar-refractivity contribution in [2.75, 3.05) is 0 Å². The van der Waals surface area contributed by atoms with Gasteiger partial charge in [-0.2, -0.15) is 10.2 Å². The lowest BCUT2D eigenvalue weighted by atomic mass is 10.1. The number of aromatic nitrogens is 9. The first-order chi connectivity index (χ1) is 17.0. The van der Waals surface area contributed by atoms with Gasteiger partial charge < -0.3 is 4.57 Å². The summed E-state index contributed by atoms with van der Waals surface area (Å²) in [6.45, 7) is 9.19. The van der Waals surface area contributed by atoms with Gasteiger partial charge in [-0.05, 0) is 52.0 Å². The van der Waals surface area contributed by atoms with Crippen LogP contribution in [0.2, 0.25) is 0 Å². The van der Waals surface area contributed by atoms with Crippen LogP contribution >= 0.6 is 0 Å². The van der Waals surface area contributed by atoms with Gasteiger partial charge in [-0.3, -0.25) is 4.68 Å². The van der Waals surface area contributed by atoms with Crippen molar-refractivity contribution in [3.63, 3.8) is 0 Å². The van der Waals surface area contributed by atoms with Crippen LogP contribution in [0.25, 0.3) is 50.5 Å². The highest BCUT2D eigenvalue weighted by Gasteiger charge is 2.16. The van der Waals surface area contributed by atoms with Crippen molar-refractivity contribution in [2.45, 2.75) is 40.3 Å². The van der Waals surface area contributed by atoms with Gasteiger partial charge in [0.2, 0.25) is 0 Å². The minimum atomic E-state index is 0.301. The molecule has 0 N–H and O–H groups in total. The Bertz CT molecular complexity index is 1690. The standard InChI is InChI=1S/C26H25N9/c1-5-33-14-23(29-15-33)22-7-6-20-19(8-9-27-26(20)31-22)24-12-28-25-10-21(17(4)32-35(24)25)18-11-30-34(13-18)16(2)3/h6-16H,5H2,1-4H3. The van der Waals surface area contributed by atoms with Gasteiger partial charge in [-0.25, -0.2) is 24.5 Å². The van der Waals surface area contributed by atoms with E-state index in [0.717, 1.165) is 57.0 Å². The summed E-state index contributed by atoms with van der Waals surface area (Å²) < 4.78 is 5.86. The van der Waals surface area contributed by atoms with Gasteiger partial charge in [-0.1, -0.05) is 0 Å². The Kier molecular flexibility index (Phi) is 4.91. The molecule has 0 saturated carbocycles. The van der Waals surface area contributed by atoms with Crippen LogP contribution in [0.4, 0.5) is 0 Å². The molecular weight excluding hydrogens is 438 g/mol. The van der Waals surface area contributed by atoms with Gasteiger partial charge >= 0.3 is 0 Å². The molecule has 0 saturated heterocycles. The molecule has 0 atom stereocenters. The van der Waals surface area contributed by atoms with E-state index in [1.54, 1.807) is 6.20 Å². The molecule has 6 aromatic rings. The lowest BCUT2D eigenvalue weighted by Crippen LogP contribution is -2.01. The normalized spacial score (nSPS) is 11.8. The van der Waals surface area contributed by atoms with Crippen molar-refractivity contribution in [3.8, 4) is 33.8 Å². The second-order valence-corrected chi connectivity index (χ2v) is 8.88. The summed E-state index contributed by atoms with van der Waals surface area (Å²) >= 11 is 0. The summed E-state index contributed by atoms with van der Waals surface area (Å²) in [4.78, 5) is 18.5. The summed E-state index contributed by atoms with van der Waals surface area (Å²) in [6, 6.07) is 8.39. The quantitative estimate of drug-likeness (QED) is 0.358. The number of hydrogen-bond donors (Lipinski definition) is 0. The van der Waals surface area contributed by atoms with Gasteiger partial charge in [0.25, 0.3) is 0 Å². The molecule has 6 aromatic heterocycles. The van der Waals surface area contributed by atoms with Crippen molar-refractivity contribution in [1.29, 1.82) is 0 Å². The van der Waals surface area contributed by atoms with Crippen molar-refractivity contribution >= 4 is 16.7 Å². The van der Waals surface area contributed by atoms with E-state index < -0.39 is 0 Å². The van der Waals surface area contributed by atoms with E-state index in [-0.39, 0.29) is 0 Å². The summed E-state index contributed by atoms with van der Waals surface area (Å²) in [6.07, 6.45) is 11.4. The molecule has 0 radical (unpaired) electrons. The van der Waals surface area contributed by atoms with Crippen molar-refractivity contribution in [1.82, 2.24) is 43.9 Å². The first-order valence-electron chi connectivity index (χ1n) is 11.7. The number of pyridine rings is 2. The molecule has 35 heavy (non-hydrogen) atoms. The number of fused-ring (bicyclic) bond motifs is 2. The summed E-state index contributed by atoms with van der Waals surface area (Å²) in [7, 11) is 0. The zero-order valence-corrected chi connectivity index (χ0v) is 20.1. The summed E-state index contributed by atoms with van der Waals surface area (Å²) in [5.41, 5.74) is 7.91. The average Bonchev–Trinajstić information content (AvgIpc) is 3.62. The third-order valence-corrected chi connectivity index (χ3v) is 6.26. The van der Waals surface area contributed by atoms with E-state index in [1.807, 2.05) is 63.8 Å². The zero-order chi connectivity index (χ0) is 24.1. The van der Waals surface area contributed by atoms with E-state index in [9.17, 15) is 0 Å². The number of hydrogen-bond acceptors (Lipinski definition) is 6. The Morgan fingerprint density at radius 3 is 2.60 bits per heavy atom. The first-order valence-corrected chi connectivity index (χ1v) is 11.7. The Morgan fingerprint density at radius 2 is 1.83 bits per heavy atom. The third-order valence-electron chi connectivity index (χ3n) is 6.26. The van der Waals surface area contributed by atoms with Crippen molar-refractivity contribution in [2.24, 2.45) is 0 Å². The Balaban J connectivity index is 1.44. The maximum Gasteiger partial charge on any atom is 0.160 e. The van der Waals surface area contributed by atoms with Crippen molar-refractivity contribution < 1.29 is 0 Å². The fourth-order valence-electron chi connectivity index (χ4n) is 4.30. The fraction of sp³-hybridized carbons (Fsp3) is 0.231. The second-order valence-electron chi connectivity index (χ2n) is 8.88. The molecule has 0 aliphatic carbocycles. The molecule has 9 nitrogen and oxygen atoms in total. The van der Waals surface area contributed by atoms with E-state index in [2.05, 4.69) is 53.1 Å². The monoisotopic (exact) mass is 463 g/mol. The Morgan fingerprint density at radius 1 is 0.943 bits per heavy atom. The van der Waals surface area contributed by atoms with Crippen LogP contribution in [0, 0.1) is 6.92 Å². The van der Waals surface area contributed by atoms with Crippen LogP contribution in [-0.2, 0) is 6.54 Å². The SMILES string of the molecule is CCn1cnc(-c2ccc3c(-c4cnc5cc(-c6cnn(C(C)C)c6)c(C)nn45)ccnc3n2)c1. The van der Waals surface area contributed by atoms with Gasteiger partial charge in [0.1, 0.15) is 5.69 Å². The second kappa shape index (κ2) is 8.12. The van der Waals surface area contributed by atoms with Crippen LogP contribution in [0.15, 0.2) is 61.6 Å². The molecule has 6 rings (SSSR count). The zero-order valence-electron chi connectivity index (χ0n) is 20.1. The van der Waals surface area contributed by atoms with E-state index in [4.69, 9.17) is 10.1 Å². The molecule has 0 amide bonds. The minimum absolute atomic E-state index is 0.301. The van der Waals surface area contributed by atoms with E-state index >= 15 is 0 Å². The van der Waals surface area contributed by atoms with Crippen LogP contribution in [-0.4, -0.2) is 43.9 Å². The molecule has 0 aromatic carbocycles. The smallest absolute Gasteiger partial charge is 0.160 e. The molecule has 6 heterocycles. The lowest BCUT2D eigenvalue weighted by Gasteiger charge is -2.08. The molecule has 0 spiro atoms. The predicted molar refractivity (Wildman–Crippen MR) is 135 cm³/mol. The number of aryl methyl sites for hydroxylation is 2. The summed E-state index contributed by atoms with van der Waals surface area (Å²) in [5.74, 6) is 0. The molecule has 0 aliphatic rings. The molecule has 174 valence electrons. The Labute approximate surface area is 202 Å². The van der Waals surface area contributed by atoms with Crippen LogP contribution in [0.3, 0.4) is 0 Å². The molecule has 0 unspecified atom stereocenters. The highest BCUT2D eigenvalue weighted by molar-refractivity contribution is 5.92. The molecule has 0 fully saturated rings. The number of imidazole rings is 2. The van der Waals surface area contributed by atoms with Crippen LogP contribution in [0.5, 0.6) is 0 Å². The minimum Gasteiger partial charge on any atom is -0.337 e. The molecule has 9 heteroatoms.